The molecule has 0 aromatic heterocycles. The van der Waals surface area contributed by atoms with Crippen molar-refractivity contribution >= 4 is 88.1 Å². The molecule has 540 valence electrons. The molecule has 1 aliphatic rings. The lowest BCUT2D eigenvalue weighted by Gasteiger charge is -2.32. The number of aromatic hydroxyl groups is 1. The Morgan fingerprint density at radius 1 is 0.388 bits per heavy atom. The van der Waals surface area contributed by atoms with E-state index in [1.165, 1.54) is 19.1 Å². The average molecular weight is 1380 g/mol. The fraction of sp³-hybridized carbons (Fsp3) is 0.561. The van der Waals surface area contributed by atoms with Crippen molar-refractivity contribution in [3.05, 3.63) is 77.9 Å². The van der Waals surface area contributed by atoms with Gasteiger partial charge >= 0.3 is 41.8 Å². The van der Waals surface area contributed by atoms with Gasteiger partial charge < -0.3 is 78.3 Å². The van der Waals surface area contributed by atoms with E-state index in [1.54, 1.807) is 26.8 Å². The van der Waals surface area contributed by atoms with Crippen molar-refractivity contribution in [3.8, 4) is 5.75 Å². The summed E-state index contributed by atoms with van der Waals surface area (Å²) in [5.41, 5.74) is 1.30. The van der Waals surface area contributed by atoms with Crippen molar-refractivity contribution in [2.75, 3.05) is 98.2 Å². The fourth-order valence-corrected chi connectivity index (χ4v) is 10.9. The number of rotatable bonds is 43. The minimum absolute atomic E-state index is 0.00709. The first-order valence-electron chi connectivity index (χ1n) is 33.0. The number of fused-ring (bicyclic) bond motifs is 1. The third-order valence-corrected chi connectivity index (χ3v) is 16.2. The zero-order chi connectivity index (χ0) is 71.9. The number of benzene rings is 3. The monoisotopic (exact) mass is 1380 g/mol. The quantitative estimate of drug-likeness (QED) is 0.0341. The molecule has 32 heteroatoms. The van der Waals surface area contributed by atoms with Gasteiger partial charge in [0.05, 0.1) is 26.2 Å². The number of nitrogens with one attached hydrogen (secondary N) is 8. The minimum atomic E-state index is -1.59. The Hall–Kier alpha value is -9.53. The van der Waals surface area contributed by atoms with Crippen LogP contribution in [0.2, 0.25) is 0 Å². The number of unbranched alkanes of at least 4 members (excludes halogenated alkanes) is 6. The van der Waals surface area contributed by atoms with E-state index in [4.69, 9.17) is 5.11 Å². The van der Waals surface area contributed by atoms with Crippen LogP contribution >= 0.6 is 0 Å². The van der Waals surface area contributed by atoms with Gasteiger partial charge in [0.1, 0.15) is 36.0 Å². The molecule has 0 bridgehead atoms. The third-order valence-electron chi connectivity index (χ3n) is 16.2. The number of hydrogen-bond donors (Lipinski definition) is 15. The van der Waals surface area contributed by atoms with Crippen LogP contribution in [-0.2, 0) is 70.4 Å². The minimum Gasteiger partial charge on any atom is -0.508 e. The van der Waals surface area contributed by atoms with Crippen molar-refractivity contribution in [1.82, 2.24) is 62.1 Å². The topological polar surface area (TPSA) is 473 Å². The number of carboxylic acid groups (broad SMARTS) is 6. The van der Waals surface area contributed by atoms with Crippen LogP contribution in [0.1, 0.15) is 108 Å². The maximum absolute atomic E-state index is 14.3. The molecule has 3 aromatic carbocycles. The summed E-state index contributed by atoms with van der Waals surface area (Å²) in [7, 11) is 0. The molecule has 0 aliphatic carbocycles. The summed E-state index contributed by atoms with van der Waals surface area (Å²) in [5.74, 6) is -10.2. The summed E-state index contributed by atoms with van der Waals surface area (Å²) >= 11 is 0. The normalized spacial score (nSPS) is 15.0. The summed E-state index contributed by atoms with van der Waals surface area (Å²) in [4.78, 5) is 169. The molecule has 3 aromatic rings. The predicted octanol–water partition coefficient (Wildman–Crippen LogP) is 0.380. The van der Waals surface area contributed by atoms with Crippen molar-refractivity contribution in [2.45, 2.75) is 140 Å². The first-order valence-corrected chi connectivity index (χ1v) is 33.0. The zero-order valence-corrected chi connectivity index (χ0v) is 55.4. The van der Waals surface area contributed by atoms with Gasteiger partial charge in [-0.2, -0.15) is 0 Å². The number of carboxylic acids is 6. The first kappa shape index (κ1) is 80.9. The van der Waals surface area contributed by atoms with E-state index in [0.29, 0.717) is 62.6 Å². The van der Waals surface area contributed by atoms with E-state index in [1.807, 2.05) is 47.4 Å². The summed E-state index contributed by atoms with van der Waals surface area (Å²) in [6.07, 6.45) is 3.63. The second-order valence-electron chi connectivity index (χ2n) is 24.2. The van der Waals surface area contributed by atoms with Gasteiger partial charge in [-0.1, -0.05) is 73.9 Å². The van der Waals surface area contributed by atoms with Crippen LogP contribution in [0, 0.1) is 0 Å². The number of nitrogens with zero attached hydrogens (tertiary/aromatic N) is 4. The predicted molar refractivity (Wildman–Crippen MR) is 355 cm³/mol. The second kappa shape index (κ2) is 44.3. The van der Waals surface area contributed by atoms with Gasteiger partial charge in [-0.05, 0) is 91.8 Å². The number of carbonyl (C=O) groups is 13. The molecule has 0 radical (unpaired) electrons. The molecular formula is C66H96N12O20. The van der Waals surface area contributed by atoms with Gasteiger partial charge in [0, 0.05) is 105 Å². The van der Waals surface area contributed by atoms with Crippen molar-refractivity contribution in [3.63, 3.8) is 0 Å². The van der Waals surface area contributed by atoms with Gasteiger partial charge in [0.2, 0.25) is 35.4 Å². The number of phenolic OH excluding ortho intramolecular Hbond substituents is 1. The second-order valence-corrected chi connectivity index (χ2v) is 24.2. The number of hydrogen-bond acceptors (Lipinski definition) is 18. The molecular weight excluding hydrogens is 1280 g/mol. The maximum atomic E-state index is 14.3. The van der Waals surface area contributed by atoms with E-state index >= 15 is 0 Å². The Morgan fingerprint density at radius 2 is 0.827 bits per heavy atom. The highest BCUT2D eigenvalue weighted by molar-refractivity contribution is 5.93. The van der Waals surface area contributed by atoms with Gasteiger partial charge in [-0.25, -0.2) is 14.4 Å². The molecule has 1 saturated heterocycles. The van der Waals surface area contributed by atoms with Crippen molar-refractivity contribution in [1.29, 1.82) is 0 Å². The summed E-state index contributed by atoms with van der Waals surface area (Å²) < 4.78 is 0. The SMILES string of the molecule is CC(=O)N[C@@H](CCCCNC(=O)CN1CCN(CC(=O)O)CCN(CC(=O)O)CCN(CC(=O)O)CC1)C(=O)NCCCCCCCC(=O)N[C@@H](Cc1ccc(O)cc1)C(=O)N[C@@H](Cc1ccc2ccccc2c1)C(=O)NCCCC[C@H](NC(=O)N[C@@H](CCC(=O)O)C(=O)O)C(=O)O. The first-order chi connectivity index (χ1) is 46.7. The van der Waals surface area contributed by atoms with Crippen LogP contribution in [0.15, 0.2) is 66.7 Å². The third kappa shape index (κ3) is 33.9. The van der Waals surface area contributed by atoms with Crippen molar-refractivity contribution < 1.29 is 98.1 Å². The highest BCUT2D eigenvalue weighted by Crippen LogP contribution is 2.18. The van der Waals surface area contributed by atoms with E-state index in [2.05, 4.69) is 42.5 Å². The van der Waals surface area contributed by atoms with Crippen LogP contribution in [0.5, 0.6) is 5.75 Å². The molecule has 15 N–H and O–H groups in total. The van der Waals surface area contributed by atoms with Crippen LogP contribution in [0.25, 0.3) is 10.8 Å². The molecule has 5 atom stereocenters. The lowest BCUT2D eigenvalue weighted by Crippen LogP contribution is -2.55. The van der Waals surface area contributed by atoms with E-state index in [0.717, 1.165) is 10.8 Å². The van der Waals surface area contributed by atoms with E-state index < -0.39 is 109 Å². The Kier molecular flexibility index (Phi) is 36.6. The van der Waals surface area contributed by atoms with Gasteiger partial charge in [0.25, 0.3) is 0 Å². The summed E-state index contributed by atoms with van der Waals surface area (Å²) in [6, 6.07) is 11.9. The number of urea groups is 1. The molecule has 4 rings (SSSR count). The van der Waals surface area contributed by atoms with Crippen LogP contribution in [0.4, 0.5) is 4.79 Å². The van der Waals surface area contributed by atoms with E-state index in [-0.39, 0.29) is 154 Å². The standard InChI is InChI=1S/C66H96N12O20/c1-44(79)70-50(15-8-11-26-67-56(82)40-75-29-31-76(41-58(85)86)33-35-78(43-60(89)90)36-34-77(32-30-75)42-59(87)88)61(91)68-27-10-4-2-3-5-17-55(81)71-54(38-45-19-22-49(80)23-20-45)63(93)72-53(39-46-18-21-47-13-6-7-14-48(47)37-46)62(92)69-28-12-9-16-51(64(94)95)73-66(98)74-52(65(96)97)24-25-57(83)84/h6-7,13-14,18-23,37,50-54,80H,2-5,8-12,15-17,24-36,38-43H2,1H3,(H,67,82)(H,68,91)(H,69,92)(H,70,79)(H,71,81)(H,72,93)(H,83,84)(H,85,86)(H,87,88)(H,89,90)(H,94,95)(H,96,97)(H2,73,74,98)/t50-,51-,52-,53-,54-/m0/s1. The average Bonchev–Trinajstić information content (AvgIpc) is 0.840. The molecule has 1 heterocycles. The number of carbonyl (C=O) groups excluding carboxylic acids is 7. The molecule has 0 spiro atoms. The van der Waals surface area contributed by atoms with Crippen LogP contribution < -0.4 is 42.5 Å². The van der Waals surface area contributed by atoms with Gasteiger partial charge in [-0.15, -0.1) is 0 Å². The van der Waals surface area contributed by atoms with Crippen LogP contribution in [0.3, 0.4) is 0 Å². The molecule has 1 fully saturated rings. The summed E-state index contributed by atoms with van der Waals surface area (Å²) in [6.45, 7) is 2.96. The lowest BCUT2D eigenvalue weighted by atomic mass is 10.00. The number of aliphatic carboxylic acids is 6. The Labute approximate surface area is 568 Å². The molecule has 0 saturated carbocycles. The largest absolute Gasteiger partial charge is 0.508 e. The highest BCUT2D eigenvalue weighted by Gasteiger charge is 2.30. The van der Waals surface area contributed by atoms with Crippen molar-refractivity contribution in [2.24, 2.45) is 0 Å². The number of amides is 8. The summed E-state index contributed by atoms with van der Waals surface area (Å²) in [5, 5.41) is 89.5. The van der Waals surface area contributed by atoms with Gasteiger partial charge in [-0.3, -0.25) is 67.5 Å². The van der Waals surface area contributed by atoms with Crippen LogP contribution in [-0.4, -0.2) is 261 Å². The molecule has 8 amide bonds. The smallest absolute Gasteiger partial charge is 0.326 e. The van der Waals surface area contributed by atoms with E-state index in [9.17, 15) is 93.0 Å². The highest BCUT2D eigenvalue weighted by atomic mass is 16.4. The maximum Gasteiger partial charge on any atom is 0.326 e. The Morgan fingerprint density at radius 3 is 1.35 bits per heavy atom. The molecule has 32 nitrogen and oxygen atoms in total. The zero-order valence-electron chi connectivity index (χ0n) is 55.4. The lowest BCUT2D eigenvalue weighted by molar-refractivity contribution is -0.141. The molecule has 0 unspecified atom stereocenters. The Balaban J connectivity index is 1.25. The fourth-order valence-electron chi connectivity index (χ4n) is 10.9. The molecule has 98 heavy (non-hydrogen) atoms. The number of phenols is 1. The molecule has 1 aliphatic heterocycles. The Bertz CT molecular complexity index is 3110. The van der Waals surface area contributed by atoms with Gasteiger partial charge in [0.15, 0.2) is 0 Å².